The minimum atomic E-state index is 0.106. The van der Waals surface area contributed by atoms with Crippen LogP contribution in [0.5, 0.6) is 0 Å². The first kappa shape index (κ1) is 12.2. The van der Waals surface area contributed by atoms with Gasteiger partial charge in [-0.15, -0.1) is 6.58 Å². The van der Waals surface area contributed by atoms with Gasteiger partial charge in [0, 0.05) is 0 Å². The lowest BCUT2D eigenvalue weighted by Crippen LogP contribution is -2.11. The second-order valence-corrected chi connectivity index (χ2v) is 4.32. The van der Waals surface area contributed by atoms with Crippen LogP contribution in [0.15, 0.2) is 24.8 Å². The fourth-order valence-corrected chi connectivity index (χ4v) is 1.16. The van der Waals surface area contributed by atoms with Gasteiger partial charge in [-0.25, -0.2) is 0 Å². The van der Waals surface area contributed by atoms with Gasteiger partial charge in [0.05, 0.1) is 0 Å². The quantitative estimate of drug-likeness (QED) is 0.451. The van der Waals surface area contributed by atoms with Crippen molar-refractivity contribution in [3.8, 4) is 0 Å². The third-order valence-corrected chi connectivity index (χ3v) is 2.30. The molecule has 1 heteroatoms. The van der Waals surface area contributed by atoms with E-state index in [0.717, 1.165) is 24.8 Å². The van der Waals surface area contributed by atoms with E-state index < -0.39 is 0 Å². The molecule has 0 aromatic carbocycles. The highest BCUT2D eigenvalue weighted by Gasteiger charge is 2.16. The monoisotopic (exact) mass is 180 g/mol. The maximum absolute atomic E-state index is 10.9. The van der Waals surface area contributed by atoms with Gasteiger partial charge in [-0.05, 0) is 37.2 Å². The van der Waals surface area contributed by atoms with E-state index in [1.54, 1.807) is 6.92 Å². The lowest BCUT2D eigenvalue weighted by molar-refractivity contribution is -0.113. The molecule has 0 aliphatic rings. The normalized spacial score (nSPS) is 11.0. The van der Waals surface area contributed by atoms with Gasteiger partial charge in [-0.2, -0.15) is 0 Å². The summed E-state index contributed by atoms with van der Waals surface area (Å²) in [6, 6.07) is 0. The summed E-state index contributed by atoms with van der Waals surface area (Å²) in [6.07, 6.45) is 4.71. The number of rotatable bonds is 6. The van der Waals surface area contributed by atoms with Crippen LogP contribution < -0.4 is 0 Å². The van der Waals surface area contributed by atoms with Crippen molar-refractivity contribution < 1.29 is 4.79 Å². The Morgan fingerprint density at radius 3 is 2.38 bits per heavy atom. The van der Waals surface area contributed by atoms with Crippen LogP contribution in [-0.4, -0.2) is 5.78 Å². The molecular weight excluding hydrogens is 160 g/mol. The van der Waals surface area contributed by atoms with Crippen molar-refractivity contribution in [1.29, 1.82) is 0 Å². The lowest BCUT2D eigenvalue weighted by atomic mass is 9.83. The zero-order chi connectivity index (χ0) is 10.5. The van der Waals surface area contributed by atoms with Crippen LogP contribution in [0.3, 0.4) is 0 Å². The van der Waals surface area contributed by atoms with Crippen molar-refractivity contribution in [1.82, 2.24) is 0 Å². The van der Waals surface area contributed by atoms with Crippen molar-refractivity contribution >= 4 is 5.78 Å². The maximum atomic E-state index is 10.9. The second-order valence-electron chi connectivity index (χ2n) is 4.32. The molecule has 13 heavy (non-hydrogen) atoms. The van der Waals surface area contributed by atoms with Crippen LogP contribution in [0.1, 0.15) is 40.0 Å². The minimum absolute atomic E-state index is 0.106. The number of carbonyl (C=O) groups is 1. The Bertz CT molecular complexity index is 211. The summed E-state index contributed by atoms with van der Waals surface area (Å²) in [5.41, 5.74) is 0.970. The molecule has 0 radical (unpaired) electrons. The zero-order valence-corrected chi connectivity index (χ0v) is 9.02. The molecule has 0 spiro atoms. The Morgan fingerprint density at radius 2 is 2.00 bits per heavy atom. The molecule has 0 aromatic rings. The Kier molecular flexibility index (Phi) is 4.68. The topological polar surface area (TPSA) is 17.1 Å². The average molecular weight is 180 g/mol. The molecule has 0 unspecified atom stereocenters. The van der Waals surface area contributed by atoms with Crippen LogP contribution >= 0.6 is 0 Å². The average Bonchev–Trinajstić information content (AvgIpc) is 2.00. The zero-order valence-electron chi connectivity index (χ0n) is 9.02. The molecule has 74 valence electrons. The van der Waals surface area contributed by atoms with E-state index in [2.05, 4.69) is 27.0 Å². The molecule has 0 saturated heterocycles. The summed E-state index contributed by atoms with van der Waals surface area (Å²) < 4.78 is 0. The van der Waals surface area contributed by atoms with E-state index in [-0.39, 0.29) is 11.2 Å². The third-order valence-electron chi connectivity index (χ3n) is 2.30. The highest BCUT2D eigenvalue weighted by molar-refractivity contribution is 5.92. The van der Waals surface area contributed by atoms with Crippen molar-refractivity contribution in [2.45, 2.75) is 40.0 Å². The smallest absolute Gasteiger partial charge is 0.155 e. The molecule has 0 bridgehead atoms. The van der Waals surface area contributed by atoms with Gasteiger partial charge in [0.2, 0.25) is 0 Å². The molecule has 0 N–H and O–H groups in total. The number of hydrogen-bond acceptors (Lipinski definition) is 1. The SMILES string of the molecule is C=CCC(C)(C)CCC(=C)C(C)=O. The molecule has 0 aliphatic carbocycles. The first-order chi connectivity index (χ1) is 5.89. The molecule has 0 amide bonds. The second kappa shape index (κ2) is 5.00. The minimum Gasteiger partial charge on any atom is -0.295 e. The van der Waals surface area contributed by atoms with Crippen LogP contribution in [0.2, 0.25) is 0 Å². The number of ketones is 1. The number of Topliss-reactive ketones (excluding diaryl/α,β-unsaturated/α-hetero) is 1. The van der Waals surface area contributed by atoms with Crippen molar-refractivity contribution in [2.75, 3.05) is 0 Å². The highest BCUT2D eigenvalue weighted by atomic mass is 16.1. The number of hydrogen-bond donors (Lipinski definition) is 0. The molecule has 0 fully saturated rings. The summed E-state index contributed by atoms with van der Waals surface area (Å²) in [6.45, 7) is 13.4. The van der Waals surface area contributed by atoms with E-state index in [9.17, 15) is 4.79 Å². The highest BCUT2D eigenvalue weighted by Crippen LogP contribution is 2.28. The van der Waals surface area contributed by atoms with Gasteiger partial charge in [0.15, 0.2) is 5.78 Å². The molecule has 0 saturated carbocycles. The summed E-state index contributed by atoms with van der Waals surface area (Å²) >= 11 is 0. The fraction of sp³-hybridized carbons (Fsp3) is 0.583. The molecular formula is C12H20O. The predicted molar refractivity (Wildman–Crippen MR) is 57.7 cm³/mol. The summed E-state index contributed by atoms with van der Waals surface area (Å²) in [5.74, 6) is 0.106. The van der Waals surface area contributed by atoms with Gasteiger partial charge < -0.3 is 0 Å². The molecule has 0 aliphatic heterocycles. The van der Waals surface area contributed by atoms with Gasteiger partial charge in [0.1, 0.15) is 0 Å². The van der Waals surface area contributed by atoms with E-state index in [1.807, 2.05) is 6.08 Å². The standard InChI is InChI=1S/C12H20O/c1-6-8-12(4,5)9-7-10(2)11(3)13/h6H,1-2,7-9H2,3-5H3. The van der Waals surface area contributed by atoms with Crippen LogP contribution in [0.25, 0.3) is 0 Å². The van der Waals surface area contributed by atoms with Crippen molar-refractivity contribution in [3.05, 3.63) is 24.8 Å². The molecule has 0 atom stereocenters. The Hall–Kier alpha value is -0.850. The van der Waals surface area contributed by atoms with Gasteiger partial charge in [0.25, 0.3) is 0 Å². The summed E-state index contributed by atoms with van der Waals surface area (Å²) in [4.78, 5) is 10.9. The van der Waals surface area contributed by atoms with E-state index in [1.165, 1.54) is 0 Å². The molecule has 1 nitrogen and oxygen atoms in total. The predicted octanol–water partition coefficient (Wildman–Crippen LogP) is 3.51. The van der Waals surface area contributed by atoms with Gasteiger partial charge >= 0.3 is 0 Å². The van der Waals surface area contributed by atoms with Gasteiger partial charge in [-0.3, -0.25) is 4.79 Å². The largest absolute Gasteiger partial charge is 0.295 e. The van der Waals surface area contributed by atoms with Crippen LogP contribution in [0.4, 0.5) is 0 Å². The molecule has 0 rings (SSSR count). The Morgan fingerprint density at radius 1 is 1.46 bits per heavy atom. The molecule has 0 aromatic heterocycles. The first-order valence-electron chi connectivity index (χ1n) is 4.68. The van der Waals surface area contributed by atoms with E-state index >= 15 is 0 Å². The Labute approximate surface area is 81.5 Å². The number of carbonyl (C=O) groups excluding carboxylic acids is 1. The number of allylic oxidation sites excluding steroid dienone is 2. The van der Waals surface area contributed by atoms with E-state index in [4.69, 9.17) is 0 Å². The third kappa shape index (κ3) is 5.40. The van der Waals surface area contributed by atoms with Crippen molar-refractivity contribution in [3.63, 3.8) is 0 Å². The van der Waals surface area contributed by atoms with Crippen molar-refractivity contribution in [2.24, 2.45) is 5.41 Å². The molecule has 0 heterocycles. The lowest BCUT2D eigenvalue weighted by Gasteiger charge is -2.22. The summed E-state index contributed by atoms with van der Waals surface area (Å²) in [5, 5.41) is 0. The fourth-order valence-electron chi connectivity index (χ4n) is 1.16. The van der Waals surface area contributed by atoms with Crippen LogP contribution in [-0.2, 0) is 4.79 Å². The maximum Gasteiger partial charge on any atom is 0.155 e. The van der Waals surface area contributed by atoms with Crippen LogP contribution in [0, 0.1) is 5.41 Å². The Balaban J connectivity index is 3.93. The summed E-state index contributed by atoms with van der Waals surface area (Å²) in [7, 11) is 0. The first-order valence-corrected chi connectivity index (χ1v) is 4.68. The van der Waals surface area contributed by atoms with E-state index in [0.29, 0.717) is 0 Å². The van der Waals surface area contributed by atoms with Gasteiger partial charge in [-0.1, -0.05) is 26.5 Å².